The van der Waals surface area contributed by atoms with Crippen molar-refractivity contribution in [2.75, 3.05) is 12.0 Å². The number of carbonyl (C=O) groups excluding carboxylic acids is 1. The molecule has 0 bridgehead atoms. The number of carbonyl (C=O) groups is 1. The molecule has 0 N–H and O–H groups in total. The lowest BCUT2D eigenvalue weighted by molar-refractivity contribution is -0.115. The number of rotatable bonds is 7. The van der Waals surface area contributed by atoms with E-state index in [1.807, 2.05) is 47.8 Å². The lowest BCUT2D eigenvalue weighted by Crippen LogP contribution is -2.23. The smallest absolute Gasteiger partial charge is 0.277 e. The van der Waals surface area contributed by atoms with Crippen LogP contribution in [0.3, 0.4) is 0 Å². The Bertz CT molecular complexity index is 1250. The number of thioether (sulfide) groups is 1. The standard InChI is InChI=1S/C23H22N4O3S2/c1-14-9-10-17(11-15(14)2)21-25-26-23(30-21)32-13-18-12-31-22(24-18)27(16(3)28)19-7-5-6-8-20(19)29-4/h5-12H,13H2,1-4H3. The highest BCUT2D eigenvalue weighted by Gasteiger charge is 2.21. The summed E-state index contributed by atoms with van der Waals surface area (Å²) in [6.07, 6.45) is 0. The zero-order valence-electron chi connectivity index (χ0n) is 18.2. The normalized spacial score (nSPS) is 10.9. The topological polar surface area (TPSA) is 81.4 Å². The van der Waals surface area contributed by atoms with Crippen LogP contribution < -0.4 is 9.64 Å². The minimum absolute atomic E-state index is 0.141. The van der Waals surface area contributed by atoms with Crippen LogP contribution in [0.1, 0.15) is 23.7 Å². The van der Waals surface area contributed by atoms with Crippen LogP contribution in [0.15, 0.2) is 57.5 Å². The van der Waals surface area contributed by atoms with E-state index in [9.17, 15) is 4.79 Å². The van der Waals surface area contributed by atoms with E-state index < -0.39 is 0 Å². The zero-order valence-corrected chi connectivity index (χ0v) is 19.8. The van der Waals surface area contributed by atoms with Gasteiger partial charge in [0.05, 0.1) is 18.5 Å². The second-order valence-corrected chi connectivity index (χ2v) is 8.87. The maximum Gasteiger partial charge on any atom is 0.277 e. The molecule has 0 spiro atoms. The van der Waals surface area contributed by atoms with Gasteiger partial charge in [0.2, 0.25) is 11.8 Å². The number of methoxy groups -OCH3 is 1. The molecule has 0 unspecified atom stereocenters. The third kappa shape index (κ3) is 4.68. The highest BCUT2D eigenvalue weighted by Crippen LogP contribution is 2.36. The molecule has 0 saturated carbocycles. The Morgan fingerprint density at radius 2 is 1.97 bits per heavy atom. The summed E-state index contributed by atoms with van der Waals surface area (Å²) in [7, 11) is 1.58. The fourth-order valence-corrected chi connectivity index (χ4v) is 4.72. The Kier molecular flexibility index (Phi) is 6.57. The zero-order chi connectivity index (χ0) is 22.7. The summed E-state index contributed by atoms with van der Waals surface area (Å²) < 4.78 is 11.2. The lowest BCUT2D eigenvalue weighted by atomic mass is 10.1. The molecule has 32 heavy (non-hydrogen) atoms. The van der Waals surface area contributed by atoms with Crippen molar-refractivity contribution in [2.24, 2.45) is 0 Å². The molecule has 0 saturated heterocycles. The van der Waals surface area contributed by atoms with Crippen molar-refractivity contribution in [1.82, 2.24) is 15.2 Å². The number of thiazole rings is 1. The van der Waals surface area contributed by atoms with Crippen molar-refractivity contribution >= 4 is 39.8 Å². The van der Waals surface area contributed by atoms with Gasteiger partial charge in [0.1, 0.15) is 5.75 Å². The molecular formula is C23H22N4O3S2. The minimum Gasteiger partial charge on any atom is -0.495 e. The van der Waals surface area contributed by atoms with Gasteiger partial charge in [-0.3, -0.25) is 9.69 Å². The second kappa shape index (κ2) is 9.54. The number of anilines is 2. The predicted molar refractivity (Wildman–Crippen MR) is 127 cm³/mol. The SMILES string of the molecule is COc1ccccc1N(C(C)=O)c1nc(CSc2nnc(-c3ccc(C)c(C)c3)o2)cs1. The van der Waals surface area contributed by atoms with Crippen LogP contribution in [0.4, 0.5) is 10.8 Å². The van der Waals surface area contributed by atoms with Gasteiger partial charge in [-0.05, 0) is 49.2 Å². The van der Waals surface area contributed by atoms with Crippen LogP contribution in [0, 0.1) is 13.8 Å². The van der Waals surface area contributed by atoms with Crippen LogP contribution in [-0.4, -0.2) is 28.2 Å². The highest BCUT2D eigenvalue weighted by molar-refractivity contribution is 7.98. The molecule has 0 aliphatic rings. The van der Waals surface area contributed by atoms with Crippen LogP contribution >= 0.6 is 23.1 Å². The third-order valence-corrected chi connectivity index (χ3v) is 6.60. The summed E-state index contributed by atoms with van der Waals surface area (Å²) in [5.74, 6) is 1.51. The second-order valence-electron chi connectivity index (χ2n) is 7.11. The number of nitrogens with zero attached hydrogens (tertiary/aromatic N) is 4. The number of para-hydroxylation sites is 2. The average molecular weight is 467 g/mol. The van der Waals surface area contributed by atoms with Crippen molar-refractivity contribution in [1.29, 1.82) is 0 Å². The van der Waals surface area contributed by atoms with E-state index >= 15 is 0 Å². The molecule has 2 aromatic carbocycles. The van der Waals surface area contributed by atoms with Gasteiger partial charge in [-0.2, -0.15) is 0 Å². The van der Waals surface area contributed by atoms with Crippen LogP contribution in [0.5, 0.6) is 5.75 Å². The van der Waals surface area contributed by atoms with Crippen LogP contribution in [-0.2, 0) is 10.5 Å². The molecule has 2 aromatic heterocycles. The molecule has 2 heterocycles. The number of amides is 1. The van der Waals surface area contributed by atoms with Crippen molar-refractivity contribution in [2.45, 2.75) is 31.7 Å². The molecule has 9 heteroatoms. The molecule has 1 amide bonds. The quantitative estimate of drug-likeness (QED) is 0.319. The van der Waals surface area contributed by atoms with Crippen molar-refractivity contribution in [3.05, 3.63) is 64.7 Å². The van der Waals surface area contributed by atoms with Crippen molar-refractivity contribution in [3.8, 4) is 17.2 Å². The summed E-state index contributed by atoms with van der Waals surface area (Å²) in [6, 6.07) is 13.4. The predicted octanol–water partition coefficient (Wildman–Crippen LogP) is 5.80. The van der Waals surface area contributed by atoms with E-state index in [1.165, 1.54) is 41.1 Å². The van der Waals surface area contributed by atoms with Crippen LogP contribution in [0.25, 0.3) is 11.5 Å². The maximum atomic E-state index is 12.4. The molecule has 0 aliphatic heterocycles. The van der Waals surface area contributed by atoms with Gasteiger partial charge in [-0.15, -0.1) is 21.5 Å². The Labute approximate surface area is 194 Å². The average Bonchev–Trinajstić information content (AvgIpc) is 3.44. The Morgan fingerprint density at radius 3 is 2.72 bits per heavy atom. The molecule has 164 valence electrons. The van der Waals surface area contributed by atoms with Crippen LogP contribution in [0.2, 0.25) is 0 Å². The molecule has 0 radical (unpaired) electrons. The van der Waals surface area contributed by atoms with Gasteiger partial charge in [0, 0.05) is 23.6 Å². The molecule has 4 aromatic rings. The first-order valence-corrected chi connectivity index (χ1v) is 11.7. The maximum absolute atomic E-state index is 12.4. The van der Waals surface area contributed by atoms with Gasteiger partial charge in [-0.1, -0.05) is 30.0 Å². The summed E-state index contributed by atoms with van der Waals surface area (Å²) in [5, 5.41) is 11.3. The van der Waals surface area contributed by atoms with E-state index in [-0.39, 0.29) is 5.91 Å². The molecule has 0 fully saturated rings. The number of hydrogen-bond donors (Lipinski definition) is 0. The summed E-state index contributed by atoms with van der Waals surface area (Å²) in [6.45, 7) is 5.63. The molecule has 0 aliphatic carbocycles. The summed E-state index contributed by atoms with van der Waals surface area (Å²) >= 11 is 2.81. The van der Waals surface area contributed by atoms with Gasteiger partial charge in [-0.25, -0.2) is 4.98 Å². The summed E-state index contributed by atoms with van der Waals surface area (Å²) in [4.78, 5) is 18.6. The first-order valence-electron chi connectivity index (χ1n) is 9.88. The van der Waals surface area contributed by atoms with Gasteiger partial charge in [0.15, 0.2) is 5.13 Å². The number of ether oxygens (including phenoxy) is 1. The Balaban J connectivity index is 1.48. The number of hydrogen-bond acceptors (Lipinski definition) is 8. The highest BCUT2D eigenvalue weighted by atomic mass is 32.2. The first-order chi connectivity index (χ1) is 15.5. The van der Waals surface area contributed by atoms with E-state index in [0.717, 1.165) is 11.3 Å². The Morgan fingerprint density at radius 1 is 1.16 bits per heavy atom. The molecule has 0 atom stereocenters. The number of aryl methyl sites for hydroxylation is 2. The number of benzene rings is 2. The Hall–Kier alpha value is -3.17. The molecular weight excluding hydrogens is 444 g/mol. The fraction of sp³-hybridized carbons (Fsp3) is 0.217. The van der Waals surface area contributed by atoms with Crippen molar-refractivity contribution < 1.29 is 13.9 Å². The minimum atomic E-state index is -0.141. The van der Waals surface area contributed by atoms with E-state index in [2.05, 4.69) is 29.0 Å². The van der Waals surface area contributed by atoms with Gasteiger partial charge >= 0.3 is 0 Å². The lowest BCUT2D eigenvalue weighted by Gasteiger charge is -2.20. The molecule has 4 rings (SSSR count). The first kappa shape index (κ1) is 22.0. The monoisotopic (exact) mass is 466 g/mol. The number of aromatic nitrogens is 3. The van der Waals surface area contributed by atoms with Gasteiger partial charge in [0.25, 0.3) is 5.22 Å². The van der Waals surface area contributed by atoms with Gasteiger partial charge < -0.3 is 9.15 Å². The van der Waals surface area contributed by atoms with E-state index in [0.29, 0.717) is 33.4 Å². The van der Waals surface area contributed by atoms with E-state index in [1.54, 1.807) is 12.0 Å². The summed E-state index contributed by atoms with van der Waals surface area (Å²) in [5.41, 5.74) is 4.77. The third-order valence-electron chi connectivity index (χ3n) is 4.88. The van der Waals surface area contributed by atoms with Crippen molar-refractivity contribution in [3.63, 3.8) is 0 Å². The molecule has 7 nitrogen and oxygen atoms in total. The fourth-order valence-electron chi connectivity index (χ4n) is 3.08. The largest absolute Gasteiger partial charge is 0.495 e. The van der Waals surface area contributed by atoms with E-state index in [4.69, 9.17) is 9.15 Å².